The fraction of sp³-hybridized carbons (Fsp3) is 0.500. The minimum Gasteiger partial charge on any atom is -0.385 e. The molecule has 0 aliphatic rings. The zero-order chi connectivity index (χ0) is 12.2. The van der Waals surface area contributed by atoms with Crippen molar-refractivity contribution in [2.24, 2.45) is 5.73 Å². The summed E-state index contributed by atoms with van der Waals surface area (Å²) in [7, 11) is 0. The highest BCUT2D eigenvalue weighted by Gasteiger charge is 2.22. The van der Waals surface area contributed by atoms with E-state index in [9.17, 15) is 9.90 Å². The Kier molecular flexibility index (Phi) is 4.01. The van der Waals surface area contributed by atoms with E-state index in [2.05, 4.69) is 11.9 Å². The average molecular weight is 222 g/mol. The zero-order valence-electron chi connectivity index (χ0n) is 9.73. The standard InChI is InChI=1S/C12H18N2O2/c1-3-4-7-12(2,16)9-5-6-10(11(13)15)14-8-9/h5-6,8,16H,3-4,7H2,1-2H3,(H2,13,15). The number of carbonyl (C=O) groups excluding carboxylic acids is 1. The van der Waals surface area contributed by atoms with Gasteiger partial charge in [0.05, 0.1) is 5.60 Å². The second-order valence-corrected chi connectivity index (χ2v) is 4.17. The van der Waals surface area contributed by atoms with Crippen molar-refractivity contribution >= 4 is 5.91 Å². The molecule has 1 heterocycles. The third-order valence-corrected chi connectivity index (χ3v) is 2.65. The van der Waals surface area contributed by atoms with E-state index in [1.165, 1.54) is 12.3 Å². The van der Waals surface area contributed by atoms with E-state index in [1.807, 2.05) is 0 Å². The van der Waals surface area contributed by atoms with Gasteiger partial charge in [0.25, 0.3) is 5.91 Å². The first-order chi connectivity index (χ1) is 7.47. The molecule has 4 nitrogen and oxygen atoms in total. The Hall–Kier alpha value is -1.42. The van der Waals surface area contributed by atoms with Crippen LogP contribution in [-0.2, 0) is 5.60 Å². The highest BCUT2D eigenvalue weighted by molar-refractivity contribution is 5.90. The SMILES string of the molecule is CCCCC(C)(O)c1ccc(C(N)=O)nc1. The second kappa shape index (κ2) is 5.07. The Balaban J connectivity index is 2.83. The molecule has 1 atom stereocenters. The predicted molar refractivity (Wildman–Crippen MR) is 61.9 cm³/mol. The molecule has 16 heavy (non-hydrogen) atoms. The van der Waals surface area contributed by atoms with Crippen molar-refractivity contribution in [2.75, 3.05) is 0 Å². The summed E-state index contributed by atoms with van der Waals surface area (Å²) < 4.78 is 0. The number of nitrogens with two attached hydrogens (primary N) is 1. The molecular weight excluding hydrogens is 204 g/mol. The van der Waals surface area contributed by atoms with Crippen LogP contribution in [0.1, 0.15) is 49.2 Å². The van der Waals surface area contributed by atoms with E-state index in [1.54, 1.807) is 13.0 Å². The molecule has 88 valence electrons. The summed E-state index contributed by atoms with van der Waals surface area (Å²) in [5.74, 6) is -0.556. The molecule has 0 aliphatic heterocycles. The van der Waals surface area contributed by atoms with Crippen LogP contribution in [0.3, 0.4) is 0 Å². The first kappa shape index (κ1) is 12.6. The Morgan fingerprint density at radius 2 is 2.25 bits per heavy atom. The molecule has 0 aliphatic carbocycles. The van der Waals surface area contributed by atoms with E-state index in [0.29, 0.717) is 12.0 Å². The van der Waals surface area contributed by atoms with Gasteiger partial charge < -0.3 is 10.8 Å². The van der Waals surface area contributed by atoms with Crippen molar-refractivity contribution in [3.8, 4) is 0 Å². The lowest BCUT2D eigenvalue weighted by Crippen LogP contribution is -2.22. The lowest BCUT2D eigenvalue weighted by atomic mass is 9.92. The molecular formula is C12H18N2O2. The topological polar surface area (TPSA) is 76.2 Å². The first-order valence-electron chi connectivity index (χ1n) is 5.46. The number of nitrogens with zero attached hydrogens (tertiary/aromatic N) is 1. The van der Waals surface area contributed by atoms with Crippen LogP contribution in [0, 0.1) is 0 Å². The quantitative estimate of drug-likeness (QED) is 0.794. The number of pyridine rings is 1. The largest absolute Gasteiger partial charge is 0.385 e. The maximum absolute atomic E-state index is 10.8. The Morgan fingerprint density at radius 1 is 1.56 bits per heavy atom. The van der Waals surface area contributed by atoms with Gasteiger partial charge in [-0.1, -0.05) is 25.8 Å². The third-order valence-electron chi connectivity index (χ3n) is 2.65. The average Bonchev–Trinajstić information content (AvgIpc) is 2.26. The minimum absolute atomic E-state index is 0.218. The minimum atomic E-state index is -0.890. The fourth-order valence-electron chi connectivity index (χ4n) is 1.52. The number of carbonyl (C=O) groups is 1. The van der Waals surface area contributed by atoms with Crippen molar-refractivity contribution in [3.63, 3.8) is 0 Å². The van der Waals surface area contributed by atoms with Crippen molar-refractivity contribution in [2.45, 2.75) is 38.7 Å². The second-order valence-electron chi connectivity index (χ2n) is 4.17. The first-order valence-corrected chi connectivity index (χ1v) is 5.46. The molecule has 0 spiro atoms. The fourth-order valence-corrected chi connectivity index (χ4v) is 1.52. The van der Waals surface area contributed by atoms with Gasteiger partial charge in [0, 0.05) is 11.8 Å². The van der Waals surface area contributed by atoms with E-state index in [0.717, 1.165) is 12.8 Å². The number of unbranched alkanes of at least 4 members (excludes halogenated alkanes) is 1. The van der Waals surface area contributed by atoms with Crippen molar-refractivity contribution in [3.05, 3.63) is 29.6 Å². The summed E-state index contributed by atoms with van der Waals surface area (Å²) in [6.07, 6.45) is 4.17. The van der Waals surface area contributed by atoms with E-state index in [-0.39, 0.29) is 5.69 Å². The normalized spacial score (nSPS) is 14.4. The Morgan fingerprint density at radius 3 is 2.69 bits per heavy atom. The molecule has 0 fully saturated rings. The Bertz CT molecular complexity index is 358. The Labute approximate surface area is 95.5 Å². The van der Waals surface area contributed by atoms with Gasteiger partial charge in [0.15, 0.2) is 0 Å². The van der Waals surface area contributed by atoms with E-state index < -0.39 is 11.5 Å². The molecule has 0 bridgehead atoms. The number of hydrogen-bond acceptors (Lipinski definition) is 3. The number of amides is 1. The van der Waals surface area contributed by atoms with Crippen molar-refractivity contribution < 1.29 is 9.90 Å². The van der Waals surface area contributed by atoms with Crippen LogP contribution in [0.25, 0.3) is 0 Å². The van der Waals surface area contributed by atoms with Crippen LogP contribution in [0.15, 0.2) is 18.3 Å². The summed E-state index contributed by atoms with van der Waals surface area (Å²) in [5, 5.41) is 10.2. The maximum atomic E-state index is 10.8. The van der Waals surface area contributed by atoms with Gasteiger partial charge in [-0.2, -0.15) is 0 Å². The number of aromatic nitrogens is 1. The van der Waals surface area contributed by atoms with Crippen LogP contribution < -0.4 is 5.73 Å². The molecule has 1 unspecified atom stereocenters. The smallest absolute Gasteiger partial charge is 0.267 e. The van der Waals surface area contributed by atoms with Crippen LogP contribution in [0.2, 0.25) is 0 Å². The summed E-state index contributed by atoms with van der Waals surface area (Å²) in [4.78, 5) is 14.7. The van der Waals surface area contributed by atoms with Gasteiger partial charge in [0.1, 0.15) is 5.69 Å². The summed E-state index contributed by atoms with van der Waals surface area (Å²) in [6, 6.07) is 3.24. The number of rotatable bonds is 5. The highest BCUT2D eigenvalue weighted by atomic mass is 16.3. The van der Waals surface area contributed by atoms with Crippen LogP contribution in [-0.4, -0.2) is 16.0 Å². The molecule has 1 amide bonds. The van der Waals surface area contributed by atoms with Gasteiger partial charge in [-0.15, -0.1) is 0 Å². The molecule has 3 N–H and O–H groups in total. The lowest BCUT2D eigenvalue weighted by molar-refractivity contribution is 0.0449. The highest BCUT2D eigenvalue weighted by Crippen LogP contribution is 2.25. The van der Waals surface area contributed by atoms with Gasteiger partial charge in [-0.05, 0) is 19.4 Å². The summed E-state index contributed by atoms with van der Waals surface area (Å²) in [5.41, 5.74) is 5.13. The van der Waals surface area contributed by atoms with E-state index in [4.69, 9.17) is 5.73 Å². The lowest BCUT2D eigenvalue weighted by Gasteiger charge is -2.23. The zero-order valence-corrected chi connectivity index (χ0v) is 9.73. The number of aliphatic hydroxyl groups is 1. The van der Waals surface area contributed by atoms with Crippen molar-refractivity contribution in [1.82, 2.24) is 4.98 Å². The van der Waals surface area contributed by atoms with Gasteiger partial charge >= 0.3 is 0 Å². The molecule has 1 rings (SSSR count). The number of primary amides is 1. The molecule has 0 saturated carbocycles. The van der Waals surface area contributed by atoms with Crippen molar-refractivity contribution in [1.29, 1.82) is 0 Å². The van der Waals surface area contributed by atoms with Crippen LogP contribution >= 0.6 is 0 Å². The molecule has 0 saturated heterocycles. The van der Waals surface area contributed by atoms with Gasteiger partial charge in [-0.3, -0.25) is 9.78 Å². The third kappa shape index (κ3) is 3.03. The molecule has 1 aromatic heterocycles. The number of hydrogen-bond donors (Lipinski definition) is 2. The van der Waals surface area contributed by atoms with Crippen LogP contribution in [0.5, 0.6) is 0 Å². The molecule has 1 aromatic rings. The van der Waals surface area contributed by atoms with Crippen LogP contribution in [0.4, 0.5) is 0 Å². The maximum Gasteiger partial charge on any atom is 0.267 e. The molecule has 0 aromatic carbocycles. The summed E-state index contributed by atoms with van der Waals surface area (Å²) >= 11 is 0. The summed E-state index contributed by atoms with van der Waals surface area (Å²) in [6.45, 7) is 3.83. The van der Waals surface area contributed by atoms with E-state index >= 15 is 0 Å². The molecule has 4 heteroatoms. The van der Waals surface area contributed by atoms with Gasteiger partial charge in [0.2, 0.25) is 0 Å². The van der Waals surface area contributed by atoms with Gasteiger partial charge in [-0.25, -0.2) is 0 Å². The molecule has 0 radical (unpaired) electrons. The predicted octanol–water partition coefficient (Wildman–Crippen LogP) is 1.58. The monoisotopic (exact) mass is 222 g/mol.